The van der Waals surface area contributed by atoms with Crippen molar-refractivity contribution in [3.05, 3.63) is 0 Å². The third kappa shape index (κ3) is 3.37. The van der Waals surface area contributed by atoms with Crippen LogP contribution in [0.15, 0.2) is 0 Å². The van der Waals surface area contributed by atoms with Gasteiger partial charge in [-0.05, 0) is 110 Å². The number of ether oxygens (including phenoxy) is 1. The number of esters is 1. The van der Waals surface area contributed by atoms with E-state index >= 15 is 0 Å². The molecule has 4 saturated carbocycles. The van der Waals surface area contributed by atoms with Gasteiger partial charge in [0.25, 0.3) is 0 Å². The molecule has 3 nitrogen and oxygen atoms in total. The molecule has 4 aliphatic rings. The highest BCUT2D eigenvalue weighted by Gasteiger charge is 2.64. The first-order valence-corrected chi connectivity index (χ1v) is 12.9. The van der Waals surface area contributed by atoms with Crippen molar-refractivity contribution in [1.82, 2.24) is 0 Å². The first-order chi connectivity index (χ1) is 14.1. The Hall–Kier alpha value is -0.570. The molecule has 4 aliphatic carbocycles. The van der Waals surface area contributed by atoms with Crippen LogP contribution in [-0.2, 0) is 9.53 Å². The van der Waals surface area contributed by atoms with Crippen LogP contribution in [0.5, 0.6) is 0 Å². The Morgan fingerprint density at radius 2 is 1.83 bits per heavy atom. The molecule has 172 valence electrons. The molecule has 4 fully saturated rings. The standard InChI is InChI=1S/C27H47NO2/c1-16(7-10-24(29)30-6)21-8-9-22-25-17(2)13-19-15-20(28)11-12-26(19,4)23(25)14-18(3)27(21,22)5/h16-23,25H,7-15,28H2,1-6H3/t16?,17?,18-,19?,20?,21+,22?,23?,25?,26-,27+/m0/s1. The minimum absolute atomic E-state index is 0.0475. The Labute approximate surface area is 185 Å². The predicted octanol–water partition coefficient (Wildman–Crippen LogP) is 6.05. The molecule has 3 heteroatoms. The van der Waals surface area contributed by atoms with Gasteiger partial charge in [-0.25, -0.2) is 0 Å². The summed E-state index contributed by atoms with van der Waals surface area (Å²) in [5.74, 6) is 6.39. The van der Waals surface area contributed by atoms with Crippen molar-refractivity contribution in [3.63, 3.8) is 0 Å². The number of nitrogens with two attached hydrogens (primary N) is 1. The fourth-order valence-corrected chi connectivity index (χ4v) is 9.63. The summed E-state index contributed by atoms with van der Waals surface area (Å²) < 4.78 is 4.92. The van der Waals surface area contributed by atoms with Crippen molar-refractivity contribution in [2.75, 3.05) is 7.11 Å². The first kappa shape index (κ1) is 22.6. The van der Waals surface area contributed by atoms with Crippen molar-refractivity contribution >= 4 is 5.97 Å². The lowest BCUT2D eigenvalue weighted by Crippen LogP contribution is -2.59. The van der Waals surface area contributed by atoms with E-state index in [-0.39, 0.29) is 5.97 Å². The van der Waals surface area contributed by atoms with Crippen LogP contribution < -0.4 is 5.73 Å². The van der Waals surface area contributed by atoms with Gasteiger partial charge in [0.05, 0.1) is 7.11 Å². The second-order valence-electron chi connectivity index (χ2n) is 12.5. The summed E-state index contributed by atoms with van der Waals surface area (Å²) >= 11 is 0. The average molecular weight is 418 g/mol. The number of rotatable bonds is 4. The molecule has 0 amide bonds. The zero-order chi connectivity index (χ0) is 21.8. The molecule has 0 radical (unpaired) electrons. The maximum atomic E-state index is 11.8. The normalized spacial score (nSPS) is 51.4. The second-order valence-corrected chi connectivity index (χ2v) is 12.5. The first-order valence-electron chi connectivity index (χ1n) is 12.9. The van der Waals surface area contributed by atoms with Gasteiger partial charge < -0.3 is 10.5 Å². The van der Waals surface area contributed by atoms with Crippen LogP contribution in [0.1, 0.15) is 92.4 Å². The Morgan fingerprint density at radius 1 is 1.10 bits per heavy atom. The number of hydrogen-bond acceptors (Lipinski definition) is 3. The van der Waals surface area contributed by atoms with Gasteiger partial charge in [0.15, 0.2) is 0 Å². The number of carbonyl (C=O) groups excluding carboxylic acids is 1. The van der Waals surface area contributed by atoms with E-state index < -0.39 is 0 Å². The van der Waals surface area contributed by atoms with E-state index in [4.69, 9.17) is 10.5 Å². The van der Waals surface area contributed by atoms with Crippen LogP contribution in [0.3, 0.4) is 0 Å². The quantitative estimate of drug-likeness (QED) is 0.566. The third-order valence-corrected chi connectivity index (χ3v) is 11.4. The Bertz CT molecular complexity index is 649. The number of hydrogen-bond donors (Lipinski definition) is 1. The van der Waals surface area contributed by atoms with E-state index in [9.17, 15) is 4.79 Å². The molecule has 0 aromatic heterocycles. The Kier molecular flexibility index (Phi) is 6.10. The predicted molar refractivity (Wildman–Crippen MR) is 123 cm³/mol. The van der Waals surface area contributed by atoms with Gasteiger partial charge in [0.2, 0.25) is 0 Å². The van der Waals surface area contributed by atoms with E-state index in [0.29, 0.717) is 29.2 Å². The third-order valence-electron chi connectivity index (χ3n) is 11.4. The molecule has 0 aliphatic heterocycles. The van der Waals surface area contributed by atoms with Crippen LogP contribution >= 0.6 is 0 Å². The highest BCUT2D eigenvalue weighted by atomic mass is 16.5. The summed E-state index contributed by atoms with van der Waals surface area (Å²) in [4.78, 5) is 11.8. The Balaban J connectivity index is 1.58. The molecule has 11 atom stereocenters. The molecular formula is C27H47NO2. The molecule has 7 unspecified atom stereocenters. The summed E-state index contributed by atoms with van der Waals surface area (Å²) in [6.07, 6.45) is 11.0. The van der Waals surface area contributed by atoms with Crippen LogP contribution in [0.2, 0.25) is 0 Å². The van der Waals surface area contributed by atoms with Gasteiger partial charge in [0.1, 0.15) is 0 Å². The van der Waals surface area contributed by atoms with Crippen molar-refractivity contribution in [1.29, 1.82) is 0 Å². The van der Waals surface area contributed by atoms with Crippen LogP contribution in [0.4, 0.5) is 0 Å². The molecule has 0 spiro atoms. The summed E-state index contributed by atoms with van der Waals surface area (Å²) in [6.45, 7) is 12.8. The van der Waals surface area contributed by atoms with Crippen molar-refractivity contribution in [3.8, 4) is 0 Å². The van der Waals surface area contributed by atoms with Crippen molar-refractivity contribution < 1.29 is 9.53 Å². The lowest BCUT2D eigenvalue weighted by Gasteiger charge is -2.65. The van der Waals surface area contributed by atoms with Gasteiger partial charge in [0, 0.05) is 12.5 Å². The van der Waals surface area contributed by atoms with Crippen molar-refractivity contribution in [2.45, 2.75) is 98.4 Å². The summed E-state index contributed by atoms with van der Waals surface area (Å²) in [6, 6.07) is 0.435. The monoisotopic (exact) mass is 417 g/mol. The van der Waals surface area contributed by atoms with Gasteiger partial charge in [-0.15, -0.1) is 0 Å². The second kappa shape index (κ2) is 8.09. The molecule has 0 bridgehead atoms. The summed E-state index contributed by atoms with van der Waals surface area (Å²) in [5, 5.41) is 0. The Morgan fingerprint density at radius 3 is 2.53 bits per heavy atom. The van der Waals surface area contributed by atoms with Crippen molar-refractivity contribution in [2.24, 2.45) is 63.9 Å². The molecular weight excluding hydrogens is 370 g/mol. The summed E-state index contributed by atoms with van der Waals surface area (Å²) in [5.41, 5.74) is 7.37. The van der Waals surface area contributed by atoms with Gasteiger partial charge >= 0.3 is 5.97 Å². The lowest BCUT2D eigenvalue weighted by molar-refractivity contribution is -0.160. The topological polar surface area (TPSA) is 52.3 Å². The minimum Gasteiger partial charge on any atom is -0.469 e. The average Bonchev–Trinajstić information content (AvgIpc) is 3.06. The molecule has 4 rings (SSSR count). The van der Waals surface area contributed by atoms with Gasteiger partial charge in [-0.1, -0.05) is 34.6 Å². The SMILES string of the molecule is COC(=O)CCC(C)[C@H]1CCC2C3C(C)CC4CC(N)CC[C@]4(C)C3C[C@H](C)[C@@]21C. The zero-order valence-electron chi connectivity index (χ0n) is 20.5. The summed E-state index contributed by atoms with van der Waals surface area (Å²) in [7, 11) is 1.51. The molecule has 0 aromatic rings. The maximum Gasteiger partial charge on any atom is 0.305 e. The fourth-order valence-electron chi connectivity index (χ4n) is 9.63. The zero-order valence-corrected chi connectivity index (χ0v) is 20.5. The van der Waals surface area contributed by atoms with E-state index in [1.165, 1.54) is 52.1 Å². The minimum atomic E-state index is -0.0475. The van der Waals surface area contributed by atoms with E-state index in [2.05, 4.69) is 34.6 Å². The highest BCUT2D eigenvalue weighted by Crippen LogP contribution is 2.70. The van der Waals surface area contributed by atoms with Crippen LogP contribution in [0, 0.1) is 58.2 Å². The van der Waals surface area contributed by atoms with E-state index in [1.54, 1.807) is 0 Å². The molecule has 0 saturated heterocycles. The molecule has 30 heavy (non-hydrogen) atoms. The van der Waals surface area contributed by atoms with E-state index in [1.807, 2.05) is 0 Å². The smallest absolute Gasteiger partial charge is 0.305 e. The molecule has 0 heterocycles. The van der Waals surface area contributed by atoms with Crippen LogP contribution in [0.25, 0.3) is 0 Å². The molecule has 2 N–H and O–H groups in total. The maximum absolute atomic E-state index is 11.8. The number of methoxy groups -OCH3 is 1. The number of fused-ring (bicyclic) bond motifs is 5. The van der Waals surface area contributed by atoms with Gasteiger partial charge in [-0.2, -0.15) is 0 Å². The fraction of sp³-hybridized carbons (Fsp3) is 0.963. The molecule has 0 aromatic carbocycles. The van der Waals surface area contributed by atoms with Crippen LogP contribution in [-0.4, -0.2) is 19.1 Å². The number of carbonyl (C=O) groups is 1. The largest absolute Gasteiger partial charge is 0.469 e. The lowest BCUT2D eigenvalue weighted by atomic mass is 9.40. The highest BCUT2D eigenvalue weighted by molar-refractivity contribution is 5.69. The van der Waals surface area contributed by atoms with E-state index in [0.717, 1.165) is 47.8 Å². The van der Waals surface area contributed by atoms with Gasteiger partial charge in [-0.3, -0.25) is 4.79 Å².